The van der Waals surface area contributed by atoms with Crippen molar-refractivity contribution in [2.75, 3.05) is 0 Å². The van der Waals surface area contributed by atoms with Gasteiger partial charge in [0.25, 0.3) is 5.91 Å². The summed E-state index contributed by atoms with van der Waals surface area (Å²) in [5, 5.41) is 0.00226. The van der Waals surface area contributed by atoms with Gasteiger partial charge in [-0.25, -0.2) is 9.97 Å². The van der Waals surface area contributed by atoms with E-state index in [-0.39, 0.29) is 22.4 Å². The van der Waals surface area contributed by atoms with Gasteiger partial charge in [0.1, 0.15) is 5.69 Å². The van der Waals surface area contributed by atoms with Gasteiger partial charge in [0.15, 0.2) is 10.9 Å². The summed E-state index contributed by atoms with van der Waals surface area (Å²) in [4.78, 5) is 32.4. The van der Waals surface area contributed by atoms with Crippen LogP contribution >= 0.6 is 23.1 Å². The largest absolute Gasteiger partial charge is 0.459 e. The van der Waals surface area contributed by atoms with Crippen LogP contribution in [-0.4, -0.2) is 21.8 Å². The fraction of sp³-hybridized carbons (Fsp3) is 0.176. The number of aryl methyl sites for hydroxylation is 1. The highest BCUT2D eigenvalue weighted by molar-refractivity contribution is 7.98. The Morgan fingerprint density at radius 1 is 1.17 bits per heavy atom. The van der Waals surface area contributed by atoms with E-state index in [1.165, 1.54) is 25.3 Å². The predicted octanol–water partition coefficient (Wildman–Crippen LogP) is 3.83. The minimum atomic E-state index is -4.54. The van der Waals surface area contributed by atoms with Gasteiger partial charge in [0.05, 0.1) is 11.1 Å². The third-order valence-electron chi connectivity index (χ3n) is 3.39. The molecule has 29 heavy (non-hydrogen) atoms. The molecule has 0 fully saturated rings. The molecule has 152 valence electrons. The first-order chi connectivity index (χ1) is 13.7. The van der Waals surface area contributed by atoms with Crippen LogP contribution in [0.15, 0.2) is 46.2 Å². The van der Waals surface area contributed by atoms with Gasteiger partial charge in [-0.15, -0.1) is 11.3 Å². The lowest BCUT2D eigenvalue weighted by atomic mass is 10.3. The van der Waals surface area contributed by atoms with Gasteiger partial charge in [0.2, 0.25) is 0 Å². The summed E-state index contributed by atoms with van der Waals surface area (Å²) in [6.45, 7) is 1.46. The molecule has 0 saturated carbocycles. The molecule has 0 aliphatic carbocycles. The number of aromatic nitrogens is 2. The number of furan rings is 1. The number of hydrogen-bond acceptors (Lipinski definition) is 7. The molecule has 12 heteroatoms. The molecule has 0 saturated heterocycles. The number of carbonyl (C=O) groups is 2. The molecule has 0 atom stereocenters. The van der Waals surface area contributed by atoms with Gasteiger partial charge < -0.3 is 4.42 Å². The minimum absolute atomic E-state index is 0.00226. The van der Waals surface area contributed by atoms with E-state index in [2.05, 4.69) is 20.8 Å². The highest BCUT2D eigenvalue weighted by atomic mass is 32.2. The van der Waals surface area contributed by atoms with Crippen LogP contribution in [-0.2, 0) is 11.9 Å². The van der Waals surface area contributed by atoms with Crippen LogP contribution in [0.25, 0.3) is 0 Å². The minimum Gasteiger partial charge on any atom is -0.459 e. The third kappa shape index (κ3) is 5.57. The number of hydrazine groups is 1. The second kappa shape index (κ2) is 8.66. The summed E-state index contributed by atoms with van der Waals surface area (Å²) in [6, 6.07) is 7.08. The van der Waals surface area contributed by atoms with E-state index in [1.807, 2.05) is 0 Å². The Balaban J connectivity index is 1.57. The number of alkyl halides is 3. The lowest BCUT2D eigenvalue weighted by Crippen LogP contribution is -2.41. The lowest BCUT2D eigenvalue weighted by molar-refractivity contribution is -0.141. The number of halogens is 3. The van der Waals surface area contributed by atoms with Crippen LogP contribution in [0.3, 0.4) is 0 Å². The van der Waals surface area contributed by atoms with Crippen molar-refractivity contribution >= 4 is 34.9 Å². The van der Waals surface area contributed by atoms with Crippen molar-refractivity contribution in [3.05, 3.63) is 63.5 Å². The predicted molar refractivity (Wildman–Crippen MR) is 99.3 cm³/mol. The van der Waals surface area contributed by atoms with Crippen LogP contribution < -0.4 is 10.9 Å². The number of amides is 2. The molecule has 7 nitrogen and oxygen atoms in total. The van der Waals surface area contributed by atoms with Gasteiger partial charge in [-0.05, 0) is 37.3 Å². The second-order valence-electron chi connectivity index (χ2n) is 5.62. The number of thiophene rings is 1. The first kappa shape index (κ1) is 20.9. The maximum absolute atomic E-state index is 12.8. The average Bonchev–Trinajstić information content (AvgIpc) is 3.35. The van der Waals surface area contributed by atoms with Crippen molar-refractivity contribution < 1.29 is 27.2 Å². The summed E-state index contributed by atoms with van der Waals surface area (Å²) in [7, 11) is 0. The van der Waals surface area contributed by atoms with Crippen LogP contribution in [0.4, 0.5) is 13.2 Å². The smallest absolute Gasteiger partial charge is 0.433 e. The summed E-state index contributed by atoms with van der Waals surface area (Å²) >= 11 is 2.17. The van der Waals surface area contributed by atoms with Crippen molar-refractivity contribution in [1.82, 2.24) is 20.8 Å². The van der Waals surface area contributed by atoms with E-state index in [0.717, 1.165) is 34.0 Å². The standard InChI is InChI=1S/C17H13F3N4O3S2/c1-9-7-13(17(18,19)20)22-16(21-9)28-8-10-4-5-12(29-10)15(26)24-23-14(25)11-3-2-6-27-11/h2-7H,8H2,1H3,(H,23,25)(H,24,26). The Morgan fingerprint density at radius 3 is 2.62 bits per heavy atom. The van der Waals surface area contributed by atoms with Crippen molar-refractivity contribution in [3.63, 3.8) is 0 Å². The van der Waals surface area contributed by atoms with E-state index in [0.29, 0.717) is 4.88 Å². The molecular formula is C17H13F3N4O3S2. The highest BCUT2D eigenvalue weighted by Gasteiger charge is 2.33. The molecule has 2 N–H and O–H groups in total. The zero-order valence-electron chi connectivity index (χ0n) is 14.7. The molecule has 2 amide bonds. The first-order valence-electron chi connectivity index (χ1n) is 8.01. The van der Waals surface area contributed by atoms with Crippen molar-refractivity contribution in [1.29, 1.82) is 0 Å². The molecule has 3 aromatic heterocycles. The Labute approximate surface area is 170 Å². The molecule has 0 spiro atoms. The van der Waals surface area contributed by atoms with Gasteiger partial charge in [-0.3, -0.25) is 20.4 Å². The number of thioether (sulfide) groups is 1. The van der Waals surface area contributed by atoms with Gasteiger partial charge >= 0.3 is 12.1 Å². The fourth-order valence-electron chi connectivity index (χ4n) is 2.11. The Morgan fingerprint density at radius 2 is 1.93 bits per heavy atom. The summed E-state index contributed by atoms with van der Waals surface area (Å²) in [5.74, 6) is -0.799. The Bertz CT molecular complexity index is 1020. The maximum Gasteiger partial charge on any atom is 0.433 e. The quantitative estimate of drug-likeness (QED) is 0.354. The van der Waals surface area contributed by atoms with Crippen molar-refractivity contribution in [2.45, 2.75) is 24.0 Å². The van der Waals surface area contributed by atoms with E-state index in [1.54, 1.807) is 12.1 Å². The topological polar surface area (TPSA) is 97.1 Å². The molecular weight excluding hydrogens is 429 g/mol. The number of nitrogens with one attached hydrogen (secondary N) is 2. The van der Waals surface area contributed by atoms with Crippen LogP contribution in [0.5, 0.6) is 0 Å². The molecule has 3 aromatic rings. The lowest BCUT2D eigenvalue weighted by Gasteiger charge is -2.08. The number of rotatable bonds is 5. The molecule has 0 aliphatic rings. The van der Waals surface area contributed by atoms with E-state index >= 15 is 0 Å². The van der Waals surface area contributed by atoms with Crippen LogP contribution in [0.1, 0.15) is 36.5 Å². The fourth-order valence-corrected chi connectivity index (χ4v) is 3.96. The molecule has 3 heterocycles. The van der Waals surface area contributed by atoms with Gasteiger partial charge in [0, 0.05) is 16.3 Å². The monoisotopic (exact) mass is 442 g/mol. The normalized spacial score (nSPS) is 11.3. The van der Waals surface area contributed by atoms with Crippen molar-refractivity contribution in [2.24, 2.45) is 0 Å². The van der Waals surface area contributed by atoms with Crippen LogP contribution in [0, 0.1) is 6.92 Å². The van der Waals surface area contributed by atoms with E-state index in [9.17, 15) is 22.8 Å². The number of nitrogens with zero attached hydrogens (tertiary/aromatic N) is 2. The Kier molecular flexibility index (Phi) is 6.23. The SMILES string of the molecule is Cc1cc(C(F)(F)F)nc(SCc2ccc(C(=O)NNC(=O)c3ccco3)s2)n1. The number of carbonyl (C=O) groups excluding carboxylic acids is 2. The Hall–Kier alpha value is -2.86. The first-order valence-corrected chi connectivity index (χ1v) is 9.81. The number of hydrogen-bond donors (Lipinski definition) is 2. The highest BCUT2D eigenvalue weighted by Crippen LogP contribution is 2.31. The van der Waals surface area contributed by atoms with Gasteiger partial charge in [-0.2, -0.15) is 13.2 Å². The molecule has 0 unspecified atom stereocenters. The van der Waals surface area contributed by atoms with Crippen LogP contribution in [0.2, 0.25) is 0 Å². The van der Waals surface area contributed by atoms with Gasteiger partial charge in [-0.1, -0.05) is 11.8 Å². The summed E-state index contributed by atoms with van der Waals surface area (Å²) in [5.41, 5.74) is 3.70. The second-order valence-corrected chi connectivity index (χ2v) is 7.73. The van der Waals surface area contributed by atoms with E-state index < -0.39 is 23.7 Å². The average molecular weight is 442 g/mol. The molecule has 0 aromatic carbocycles. The zero-order valence-corrected chi connectivity index (χ0v) is 16.4. The zero-order chi connectivity index (χ0) is 21.0. The molecule has 0 radical (unpaired) electrons. The maximum atomic E-state index is 12.8. The third-order valence-corrected chi connectivity index (χ3v) is 5.55. The van der Waals surface area contributed by atoms with E-state index in [4.69, 9.17) is 4.42 Å². The summed E-state index contributed by atoms with van der Waals surface area (Å²) in [6.07, 6.45) is -3.22. The molecule has 0 aliphatic heterocycles. The molecule has 3 rings (SSSR count). The summed E-state index contributed by atoms with van der Waals surface area (Å²) < 4.78 is 43.4. The molecule has 0 bridgehead atoms. The van der Waals surface area contributed by atoms with Crippen molar-refractivity contribution in [3.8, 4) is 0 Å².